The number of fused-ring (bicyclic) bond motifs is 7. The number of pyridine rings is 1. The number of rotatable bonds is 6. The monoisotopic (exact) mass is 726 g/mol. The lowest BCUT2D eigenvalue weighted by Crippen LogP contribution is -1.97. The lowest BCUT2D eigenvalue weighted by Gasteiger charge is -2.15. The molecule has 4 heteroatoms. The molecule has 0 N–H and O–H groups in total. The zero-order chi connectivity index (χ0) is 37.7. The van der Waals surface area contributed by atoms with E-state index in [0.29, 0.717) is 5.82 Å². The van der Waals surface area contributed by atoms with E-state index in [-0.39, 0.29) is 0 Å². The van der Waals surface area contributed by atoms with Crippen LogP contribution < -0.4 is 0 Å². The molecule has 57 heavy (non-hydrogen) atoms. The summed E-state index contributed by atoms with van der Waals surface area (Å²) in [7, 11) is 0. The summed E-state index contributed by atoms with van der Waals surface area (Å²) in [5.74, 6) is 0.692. The fraction of sp³-hybridized carbons (Fsp3) is 0. The van der Waals surface area contributed by atoms with Crippen molar-refractivity contribution in [3.63, 3.8) is 0 Å². The van der Waals surface area contributed by atoms with Crippen LogP contribution in [0.25, 0.3) is 105 Å². The van der Waals surface area contributed by atoms with Crippen molar-refractivity contribution in [1.29, 1.82) is 0 Å². The number of benzene rings is 8. The molecular formula is C53H34N4. The summed E-state index contributed by atoms with van der Waals surface area (Å²) < 4.78 is 2.40. The molecule has 0 aliphatic carbocycles. The van der Waals surface area contributed by atoms with Crippen molar-refractivity contribution < 1.29 is 0 Å². The molecule has 11 aromatic rings. The van der Waals surface area contributed by atoms with Gasteiger partial charge in [-0.05, 0) is 46.8 Å². The average Bonchev–Trinajstić information content (AvgIpc) is 3.64. The first-order valence-corrected chi connectivity index (χ1v) is 19.3. The van der Waals surface area contributed by atoms with Gasteiger partial charge >= 0.3 is 0 Å². The summed E-state index contributed by atoms with van der Waals surface area (Å²) in [6, 6.07) is 72.5. The summed E-state index contributed by atoms with van der Waals surface area (Å²) in [5.41, 5.74) is 13.5. The van der Waals surface area contributed by atoms with Crippen molar-refractivity contribution in [3.05, 3.63) is 206 Å². The zero-order valence-electron chi connectivity index (χ0n) is 30.9. The second kappa shape index (κ2) is 13.6. The highest BCUT2D eigenvalue weighted by Gasteiger charge is 2.20. The Hall–Kier alpha value is -7.69. The number of aromatic nitrogens is 4. The Morgan fingerprint density at radius 3 is 1.53 bits per heavy atom. The lowest BCUT2D eigenvalue weighted by molar-refractivity contribution is 1.18. The van der Waals surface area contributed by atoms with Crippen LogP contribution in [0.5, 0.6) is 0 Å². The minimum atomic E-state index is 0.692. The third kappa shape index (κ3) is 5.66. The first-order chi connectivity index (χ1) is 28.3. The van der Waals surface area contributed by atoms with Crippen molar-refractivity contribution in [3.8, 4) is 62.0 Å². The maximum Gasteiger partial charge on any atom is 0.160 e. The maximum atomic E-state index is 5.43. The van der Waals surface area contributed by atoms with E-state index in [0.717, 1.165) is 66.8 Å². The number of nitrogens with zero attached hydrogens (tertiary/aromatic N) is 4. The minimum Gasteiger partial charge on any atom is -0.309 e. The molecule has 3 aromatic heterocycles. The molecule has 0 amide bonds. The fourth-order valence-electron chi connectivity index (χ4n) is 8.27. The molecular weight excluding hydrogens is 693 g/mol. The van der Waals surface area contributed by atoms with Crippen LogP contribution in [0.15, 0.2) is 206 Å². The molecule has 0 aliphatic rings. The number of hydrogen-bond donors (Lipinski definition) is 0. The van der Waals surface area contributed by atoms with Crippen LogP contribution >= 0.6 is 0 Å². The van der Waals surface area contributed by atoms with Crippen LogP contribution in [0.4, 0.5) is 0 Å². The molecule has 0 unspecified atom stereocenters. The molecule has 8 aromatic carbocycles. The molecule has 266 valence electrons. The smallest absolute Gasteiger partial charge is 0.160 e. The van der Waals surface area contributed by atoms with Gasteiger partial charge in [0.25, 0.3) is 0 Å². The van der Waals surface area contributed by atoms with Crippen molar-refractivity contribution in [2.24, 2.45) is 0 Å². The first-order valence-electron chi connectivity index (χ1n) is 19.3. The van der Waals surface area contributed by atoms with Crippen LogP contribution in [0.3, 0.4) is 0 Å². The van der Waals surface area contributed by atoms with Crippen molar-refractivity contribution in [2.45, 2.75) is 0 Å². The Balaban J connectivity index is 1.09. The largest absolute Gasteiger partial charge is 0.309 e. The van der Waals surface area contributed by atoms with Gasteiger partial charge in [0, 0.05) is 49.5 Å². The van der Waals surface area contributed by atoms with Gasteiger partial charge in [-0.2, -0.15) is 0 Å². The second-order valence-electron chi connectivity index (χ2n) is 14.4. The topological polar surface area (TPSA) is 43.6 Å². The standard InChI is InChI=1S/C53H34N4/c1-4-14-35(15-5-1)36-24-26-37(27-25-36)47-34-48(56-53(55-47)40-16-6-2-7-17-40)38-28-30-39(31-29-38)51-50-44(42-20-10-12-22-46(42)54-51)32-33-45-43-21-11-13-23-49(43)57(52(45)50)41-18-8-3-9-19-41/h1-34H. The van der Waals surface area contributed by atoms with Crippen molar-refractivity contribution in [1.82, 2.24) is 19.5 Å². The van der Waals surface area contributed by atoms with Gasteiger partial charge in [-0.15, -0.1) is 0 Å². The lowest BCUT2D eigenvalue weighted by atomic mass is 9.96. The van der Waals surface area contributed by atoms with E-state index >= 15 is 0 Å². The average molecular weight is 727 g/mol. The van der Waals surface area contributed by atoms with Gasteiger partial charge in [0.15, 0.2) is 5.82 Å². The quantitative estimate of drug-likeness (QED) is 0.160. The van der Waals surface area contributed by atoms with Gasteiger partial charge in [0.1, 0.15) is 0 Å². The van der Waals surface area contributed by atoms with E-state index in [9.17, 15) is 0 Å². The van der Waals surface area contributed by atoms with E-state index in [2.05, 4.69) is 187 Å². The highest BCUT2D eigenvalue weighted by molar-refractivity contribution is 6.25. The van der Waals surface area contributed by atoms with Crippen molar-refractivity contribution >= 4 is 43.5 Å². The van der Waals surface area contributed by atoms with Gasteiger partial charge in [0.05, 0.1) is 33.6 Å². The van der Waals surface area contributed by atoms with Crippen LogP contribution in [-0.4, -0.2) is 19.5 Å². The van der Waals surface area contributed by atoms with Gasteiger partial charge in [-0.25, -0.2) is 15.0 Å². The number of para-hydroxylation sites is 3. The highest BCUT2D eigenvalue weighted by Crippen LogP contribution is 2.42. The third-order valence-corrected chi connectivity index (χ3v) is 11.0. The van der Waals surface area contributed by atoms with E-state index in [4.69, 9.17) is 15.0 Å². The second-order valence-corrected chi connectivity index (χ2v) is 14.4. The summed E-state index contributed by atoms with van der Waals surface area (Å²) in [4.78, 5) is 15.7. The van der Waals surface area contributed by atoms with Crippen LogP contribution in [0.1, 0.15) is 0 Å². The summed E-state index contributed by atoms with van der Waals surface area (Å²) in [5, 5.41) is 5.87. The SMILES string of the molecule is c1ccc(-c2ccc(-c3cc(-c4ccc(-c5nc6ccccc6c6ccc7c8ccccc8n(-c8ccccc8)c7c56)cc4)nc(-c4ccccc4)n3)cc2)cc1. The van der Waals surface area contributed by atoms with Crippen LogP contribution in [0, 0.1) is 0 Å². The first kappa shape index (κ1) is 32.7. The van der Waals surface area contributed by atoms with Gasteiger partial charge in [-0.3, -0.25) is 0 Å². The normalized spacial score (nSPS) is 11.5. The van der Waals surface area contributed by atoms with Gasteiger partial charge < -0.3 is 4.57 Å². The molecule has 3 heterocycles. The summed E-state index contributed by atoms with van der Waals surface area (Å²) in [6.45, 7) is 0. The molecule has 0 spiro atoms. The Morgan fingerprint density at radius 2 is 0.842 bits per heavy atom. The number of hydrogen-bond acceptors (Lipinski definition) is 3. The van der Waals surface area contributed by atoms with E-state index in [1.54, 1.807) is 0 Å². The maximum absolute atomic E-state index is 5.43. The minimum absolute atomic E-state index is 0.692. The molecule has 0 radical (unpaired) electrons. The Kier molecular flexibility index (Phi) is 7.78. The molecule has 0 saturated heterocycles. The van der Waals surface area contributed by atoms with Crippen LogP contribution in [0.2, 0.25) is 0 Å². The molecule has 0 fully saturated rings. The van der Waals surface area contributed by atoms with E-state index in [1.165, 1.54) is 32.8 Å². The Bertz CT molecular complexity index is 3240. The van der Waals surface area contributed by atoms with Gasteiger partial charge in [0.2, 0.25) is 0 Å². The molecule has 4 nitrogen and oxygen atoms in total. The van der Waals surface area contributed by atoms with E-state index in [1.807, 2.05) is 24.3 Å². The Morgan fingerprint density at radius 1 is 0.333 bits per heavy atom. The zero-order valence-corrected chi connectivity index (χ0v) is 30.9. The molecule has 0 bridgehead atoms. The molecule has 0 saturated carbocycles. The molecule has 11 rings (SSSR count). The van der Waals surface area contributed by atoms with Crippen LogP contribution in [-0.2, 0) is 0 Å². The molecule has 0 atom stereocenters. The van der Waals surface area contributed by atoms with Crippen molar-refractivity contribution in [2.75, 3.05) is 0 Å². The summed E-state index contributed by atoms with van der Waals surface area (Å²) in [6.07, 6.45) is 0. The predicted molar refractivity (Wildman–Crippen MR) is 236 cm³/mol. The summed E-state index contributed by atoms with van der Waals surface area (Å²) >= 11 is 0. The third-order valence-electron chi connectivity index (χ3n) is 11.0. The molecule has 0 aliphatic heterocycles. The highest BCUT2D eigenvalue weighted by atomic mass is 15.0. The Labute approximate surface area is 330 Å². The van der Waals surface area contributed by atoms with Gasteiger partial charge in [-0.1, -0.05) is 176 Å². The van der Waals surface area contributed by atoms with E-state index < -0.39 is 0 Å². The predicted octanol–water partition coefficient (Wildman–Crippen LogP) is 13.6. The fourth-order valence-corrected chi connectivity index (χ4v) is 8.27.